The number of hydrogen-bond donors (Lipinski definition) is 0. The Bertz CT molecular complexity index is 735. The third-order valence-corrected chi connectivity index (χ3v) is 6.66. The molecule has 1 saturated heterocycles. The van der Waals surface area contributed by atoms with Crippen LogP contribution in [0.25, 0.3) is 0 Å². The lowest BCUT2D eigenvalue weighted by atomic mass is 10.1. The molecule has 1 aliphatic rings. The van der Waals surface area contributed by atoms with E-state index in [4.69, 9.17) is 9.47 Å². The predicted molar refractivity (Wildman–Crippen MR) is 99.8 cm³/mol. The molecule has 0 aromatic heterocycles. The number of nitrogens with zero attached hydrogens (tertiary/aromatic N) is 2. The molecular formula is C18H28N2O5S. The first-order chi connectivity index (χ1) is 12.3. The highest BCUT2D eigenvalue weighted by molar-refractivity contribution is 7.89. The summed E-state index contributed by atoms with van der Waals surface area (Å²) in [5.41, 5.74) is 0.838. The van der Waals surface area contributed by atoms with Gasteiger partial charge in [-0.1, -0.05) is 6.92 Å². The van der Waals surface area contributed by atoms with Crippen LogP contribution < -0.4 is 9.47 Å². The fourth-order valence-corrected chi connectivity index (χ4v) is 5.01. The second kappa shape index (κ2) is 8.73. The first-order valence-electron chi connectivity index (χ1n) is 8.79. The molecule has 146 valence electrons. The fraction of sp³-hybridized carbons (Fsp3) is 0.611. The molecule has 7 nitrogen and oxygen atoms in total. The van der Waals surface area contributed by atoms with Gasteiger partial charge in [0.25, 0.3) is 0 Å². The molecule has 0 N–H and O–H groups in total. The number of methoxy groups -OCH3 is 2. The standard InChI is InChI=1S/C18H28N2O5S/c1-5-11-26(22,23)20-10-6-7-16(20)18(21)19(2)13-14-8-9-15(24-3)12-17(14)25-4/h8-9,12,16H,5-7,10-11,13H2,1-4H3/t16-/m1/s1. The Labute approximate surface area is 155 Å². The van der Waals surface area contributed by atoms with Gasteiger partial charge in [-0.15, -0.1) is 0 Å². The van der Waals surface area contributed by atoms with E-state index in [0.29, 0.717) is 43.9 Å². The van der Waals surface area contributed by atoms with Gasteiger partial charge in [0, 0.05) is 31.8 Å². The lowest BCUT2D eigenvalue weighted by molar-refractivity contribution is -0.133. The molecule has 0 saturated carbocycles. The van der Waals surface area contributed by atoms with Crippen LogP contribution in [0.1, 0.15) is 31.7 Å². The third-order valence-electron chi connectivity index (χ3n) is 4.59. The summed E-state index contributed by atoms with van der Waals surface area (Å²) in [6.07, 6.45) is 1.81. The molecule has 1 aromatic rings. The molecule has 1 fully saturated rings. The maximum Gasteiger partial charge on any atom is 0.241 e. The molecule has 26 heavy (non-hydrogen) atoms. The molecule has 1 aromatic carbocycles. The molecule has 1 heterocycles. The number of carbonyl (C=O) groups is 1. The minimum Gasteiger partial charge on any atom is -0.497 e. The smallest absolute Gasteiger partial charge is 0.241 e. The van der Waals surface area contributed by atoms with Crippen LogP contribution in [-0.4, -0.2) is 63.1 Å². The zero-order chi connectivity index (χ0) is 19.3. The summed E-state index contributed by atoms with van der Waals surface area (Å²) >= 11 is 0. The van der Waals surface area contributed by atoms with E-state index in [0.717, 1.165) is 5.56 Å². The van der Waals surface area contributed by atoms with Crippen LogP contribution in [0.3, 0.4) is 0 Å². The van der Waals surface area contributed by atoms with E-state index < -0.39 is 16.1 Å². The van der Waals surface area contributed by atoms with Crippen LogP contribution in [0.2, 0.25) is 0 Å². The molecule has 0 bridgehead atoms. The number of rotatable bonds is 8. The molecule has 8 heteroatoms. The zero-order valence-electron chi connectivity index (χ0n) is 15.9. The van der Waals surface area contributed by atoms with Gasteiger partial charge in [-0.3, -0.25) is 4.79 Å². The third kappa shape index (κ3) is 4.48. The zero-order valence-corrected chi connectivity index (χ0v) is 16.7. The van der Waals surface area contributed by atoms with Crippen LogP contribution in [-0.2, 0) is 21.4 Å². The second-order valence-corrected chi connectivity index (χ2v) is 8.50. The van der Waals surface area contributed by atoms with Gasteiger partial charge in [0.2, 0.25) is 15.9 Å². The Morgan fingerprint density at radius 1 is 1.31 bits per heavy atom. The SMILES string of the molecule is CCCS(=O)(=O)N1CCC[C@@H]1C(=O)N(C)Cc1ccc(OC)cc1OC. The van der Waals surface area contributed by atoms with E-state index >= 15 is 0 Å². The number of amides is 1. The van der Waals surface area contributed by atoms with Crippen LogP contribution in [0.5, 0.6) is 11.5 Å². The lowest BCUT2D eigenvalue weighted by Gasteiger charge is -2.28. The highest BCUT2D eigenvalue weighted by Gasteiger charge is 2.39. The van der Waals surface area contributed by atoms with Gasteiger partial charge >= 0.3 is 0 Å². The van der Waals surface area contributed by atoms with E-state index in [2.05, 4.69) is 0 Å². The molecule has 2 rings (SSSR count). The van der Waals surface area contributed by atoms with Crippen LogP contribution in [0.15, 0.2) is 18.2 Å². The van der Waals surface area contributed by atoms with Crippen molar-refractivity contribution in [3.05, 3.63) is 23.8 Å². The number of hydrogen-bond acceptors (Lipinski definition) is 5. The number of likely N-dealkylation sites (N-methyl/N-ethyl adjacent to an activating group) is 1. The average Bonchev–Trinajstić information content (AvgIpc) is 3.12. The summed E-state index contributed by atoms with van der Waals surface area (Å²) < 4.78 is 36.8. The van der Waals surface area contributed by atoms with Gasteiger partial charge in [0.1, 0.15) is 17.5 Å². The van der Waals surface area contributed by atoms with Gasteiger partial charge in [-0.05, 0) is 31.4 Å². The van der Waals surface area contributed by atoms with E-state index in [9.17, 15) is 13.2 Å². The predicted octanol–water partition coefficient (Wildman–Crippen LogP) is 1.87. The van der Waals surface area contributed by atoms with Crippen molar-refractivity contribution in [2.45, 2.75) is 38.8 Å². The molecule has 1 atom stereocenters. The monoisotopic (exact) mass is 384 g/mol. The molecule has 0 radical (unpaired) electrons. The molecule has 1 aliphatic heterocycles. The average molecular weight is 384 g/mol. The summed E-state index contributed by atoms with van der Waals surface area (Å²) in [6, 6.07) is 4.81. The summed E-state index contributed by atoms with van der Waals surface area (Å²) in [5, 5.41) is 0. The Morgan fingerprint density at radius 3 is 2.65 bits per heavy atom. The summed E-state index contributed by atoms with van der Waals surface area (Å²) in [6.45, 7) is 2.58. The minimum atomic E-state index is -3.39. The second-order valence-electron chi connectivity index (χ2n) is 6.46. The highest BCUT2D eigenvalue weighted by Crippen LogP contribution is 2.27. The molecule has 0 unspecified atom stereocenters. The maximum absolute atomic E-state index is 12.9. The Morgan fingerprint density at radius 2 is 2.04 bits per heavy atom. The molecule has 1 amide bonds. The fourth-order valence-electron chi connectivity index (χ4n) is 3.27. The van der Waals surface area contributed by atoms with Gasteiger partial charge in [-0.2, -0.15) is 4.31 Å². The highest BCUT2D eigenvalue weighted by atomic mass is 32.2. The maximum atomic E-state index is 12.9. The van der Waals surface area contributed by atoms with Crippen molar-refractivity contribution in [3.8, 4) is 11.5 Å². The minimum absolute atomic E-state index is 0.0762. The van der Waals surface area contributed by atoms with E-state index in [-0.39, 0.29) is 11.7 Å². The normalized spacial score (nSPS) is 17.9. The Balaban J connectivity index is 2.14. The summed E-state index contributed by atoms with van der Waals surface area (Å²) in [5.74, 6) is 1.20. The first-order valence-corrected chi connectivity index (χ1v) is 10.4. The van der Waals surface area contributed by atoms with Crippen molar-refractivity contribution >= 4 is 15.9 Å². The van der Waals surface area contributed by atoms with E-state index in [1.165, 1.54) is 4.31 Å². The van der Waals surface area contributed by atoms with E-state index in [1.807, 2.05) is 19.1 Å². The Kier molecular flexibility index (Phi) is 6.88. The lowest BCUT2D eigenvalue weighted by Crippen LogP contribution is -2.46. The van der Waals surface area contributed by atoms with Crippen LogP contribution >= 0.6 is 0 Å². The molecule has 0 aliphatic carbocycles. The van der Waals surface area contributed by atoms with Crippen molar-refractivity contribution in [1.29, 1.82) is 0 Å². The van der Waals surface area contributed by atoms with Crippen molar-refractivity contribution in [1.82, 2.24) is 9.21 Å². The van der Waals surface area contributed by atoms with Crippen molar-refractivity contribution in [3.63, 3.8) is 0 Å². The van der Waals surface area contributed by atoms with Crippen molar-refractivity contribution in [2.75, 3.05) is 33.6 Å². The van der Waals surface area contributed by atoms with Gasteiger partial charge in [0.05, 0.1) is 20.0 Å². The van der Waals surface area contributed by atoms with Crippen LogP contribution in [0.4, 0.5) is 0 Å². The Hall–Kier alpha value is -1.80. The van der Waals surface area contributed by atoms with E-state index in [1.54, 1.807) is 32.2 Å². The van der Waals surface area contributed by atoms with Gasteiger partial charge in [0.15, 0.2) is 0 Å². The summed E-state index contributed by atoms with van der Waals surface area (Å²) in [4.78, 5) is 14.5. The molecular weight excluding hydrogens is 356 g/mol. The van der Waals surface area contributed by atoms with Gasteiger partial charge < -0.3 is 14.4 Å². The van der Waals surface area contributed by atoms with Gasteiger partial charge in [-0.25, -0.2) is 8.42 Å². The number of sulfonamides is 1. The number of carbonyl (C=O) groups excluding carboxylic acids is 1. The van der Waals surface area contributed by atoms with Crippen LogP contribution in [0, 0.1) is 0 Å². The number of ether oxygens (including phenoxy) is 2. The first kappa shape index (κ1) is 20.5. The van der Waals surface area contributed by atoms with Crippen molar-refractivity contribution in [2.24, 2.45) is 0 Å². The van der Waals surface area contributed by atoms with Crippen molar-refractivity contribution < 1.29 is 22.7 Å². The largest absolute Gasteiger partial charge is 0.497 e. The number of benzene rings is 1. The quantitative estimate of drug-likeness (QED) is 0.684. The topological polar surface area (TPSA) is 76.2 Å². The summed E-state index contributed by atoms with van der Waals surface area (Å²) in [7, 11) is 1.45. The molecule has 0 spiro atoms.